The summed E-state index contributed by atoms with van der Waals surface area (Å²) in [7, 11) is 0. The van der Waals surface area contributed by atoms with Crippen LogP contribution < -0.4 is 5.32 Å². The number of ether oxygens (including phenoxy) is 1. The molecule has 0 aliphatic heterocycles. The van der Waals surface area contributed by atoms with E-state index in [1.807, 2.05) is 32.9 Å². The number of halogens is 1. The molecule has 0 aliphatic rings. The Bertz CT molecular complexity index is 374. The first-order valence-electron chi connectivity index (χ1n) is 5.62. The second-order valence-corrected chi connectivity index (χ2v) is 5.30. The number of carbonyl (C=O) groups is 1. The number of nitrogens with one attached hydrogen (secondary N) is 1. The number of amides is 1. The van der Waals surface area contributed by atoms with Crippen molar-refractivity contribution in [2.75, 3.05) is 13.2 Å². The third-order valence-electron chi connectivity index (χ3n) is 2.32. The summed E-state index contributed by atoms with van der Waals surface area (Å²) in [6, 6.07) is 7.27. The second kappa shape index (κ2) is 6.17. The van der Waals surface area contributed by atoms with E-state index in [9.17, 15) is 4.79 Å². The summed E-state index contributed by atoms with van der Waals surface area (Å²) in [5.74, 6) is -0.0784. The molecule has 0 spiro atoms. The van der Waals surface area contributed by atoms with Crippen molar-refractivity contribution in [3.63, 3.8) is 0 Å². The fraction of sp³-hybridized carbons (Fsp3) is 0.462. The van der Waals surface area contributed by atoms with Crippen LogP contribution in [0.15, 0.2) is 28.7 Å². The molecule has 0 unspecified atom stereocenters. The zero-order chi connectivity index (χ0) is 12.9. The fourth-order valence-corrected chi connectivity index (χ4v) is 1.70. The van der Waals surface area contributed by atoms with Gasteiger partial charge in [0.15, 0.2) is 0 Å². The number of rotatable bonds is 5. The molecule has 0 saturated heterocycles. The van der Waals surface area contributed by atoms with Gasteiger partial charge in [0, 0.05) is 23.2 Å². The van der Waals surface area contributed by atoms with E-state index in [-0.39, 0.29) is 11.5 Å². The molecule has 0 heterocycles. The van der Waals surface area contributed by atoms with Gasteiger partial charge in [0.05, 0.1) is 5.60 Å². The predicted octanol–water partition coefficient (Wildman–Crippen LogP) is 2.99. The van der Waals surface area contributed by atoms with Crippen LogP contribution in [0.4, 0.5) is 0 Å². The van der Waals surface area contributed by atoms with E-state index in [1.54, 1.807) is 12.1 Å². The summed E-state index contributed by atoms with van der Waals surface area (Å²) in [6.45, 7) is 6.99. The van der Waals surface area contributed by atoms with Crippen molar-refractivity contribution >= 4 is 21.8 Å². The highest BCUT2D eigenvalue weighted by atomic mass is 79.9. The van der Waals surface area contributed by atoms with Crippen molar-refractivity contribution in [2.45, 2.75) is 26.4 Å². The maximum atomic E-state index is 11.8. The maximum Gasteiger partial charge on any atom is 0.251 e. The third-order valence-corrected chi connectivity index (χ3v) is 2.84. The molecule has 3 nitrogen and oxygen atoms in total. The van der Waals surface area contributed by atoms with Crippen LogP contribution in [0.25, 0.3) is 0 Å². The summed E-state index contributed by atoms with van der Waals surface area (Å²) >= 11 is 3.33. The van der Waals surface area contributed by atoms with Gasteiger partial charge in [-0.1, -0.05) is 15.9 Å². The Labute approximate surface area is 111 Å². The normalized spacial score (nSPS) is 11.3. The number of hydrogen-bond acceptors (Lipinski definition) is 2. The first-order chi connectivity index (χ1) is 7.94. The largest absolute Gasteiger partial charge is 0.374 e. The van der Waals surface area contributed by atoms with Gasteiger partial charge in [-0.3, -0.25) is 4.79 Å². The Balaban J connectivity index is 2.53. The minimum Gasteiger partial charge on any atom is -0.374 e. The molecule has 0 bridgehead atoms. The molecule has 0 atom stereocenters. The van der Waals surface area contributed by atoms with E-state index in [0.29, 0.717) is 18.7 Å². The highest BCUT2D eigenvalue weighted by Gasteiger charge is 2.18. The van der Waals surface area contributed by atoms with Crippen molar-refractivity contribution in [1.82, 2.24) is 5.32 Å². The van der Waals surface area contributed by atoms with Gasteiger partial charge in [-0.15, -0.1) is 0 Å². The van der Waals surface area contributed by atoms with Gasteiger partial charge in [-0.05, 0) is 45.0 Å². The molecule has 0 saturated carbocycles. The van der Waals surface area contributed by atoms with Crippen molar-refractivity contribution < 1.29 is 9.53 Å². The van der Waals surface area contributed by atoms with Crippen LogP contribution >= 0.6 is 15.9 Å². The summed E-state index contributed by atoms with van der Waals surface area (Å²) in [6.07, 6.45) is 0. The second-order valence-electron chi connectivity index (χ2n) is 4.38. The van der Waals surface area contributed by atoms with Crippen LogP contribution in [0.3, 0.4) is 0 Å². The number of hydrogen-bond donors (Lipinski definition) is 1. The number of benzene rings is 1. The van der Waals surface area contributed by atoms with Gasteiger partial charge in [-0.25, -0.2) is 0 Å². The van der Waals surface area contributed by atoms with Gasteiger partial charge in [0.2, 0.25) is 0 Å². The van der Waals surface area contributed by atoms with E-state index >= 15 is 0 Å². The lowest BCUT2D eigenvalue weighted by atomic mass is 10.1. The van der Waals surface area contributed by atoms with Crippen LogP contribution in [0.1, 0.15) is 31.1 Å². The molecule has 1 N–H and O–H groups in total. The first-order valence-corrected chi connectivity index (χ1v) is 6.41. The van der Waals surface area contributed by atoms with Crippen LogP contribution in [-0.2, 0) is 4.74 Å². The molecule has 0 aliphatic carbocycles. The van der Waals surface area contributed by atoms with Crippen molar-refractivity contribution in [3.8, 4) is 0 Å². The van der Waals surface area contributed by atoms with E-state index < -0.39 is 0 Å². The average Bonchev–Trinajstić information content (AvgIpc) is 2.27. The van der Waals surface area contributed by atoms with Crippen LogP contribution in [0.2, 0.25) is 0 Å². The minimum absolute atomic E-state index is 0.0784. The third kappa shape index (κ3) is 4.88. The molecule has 17 heavy (non-hydrogen) atoms. The zero-order valence-corrected chi connectivity index (χ0v) is 12.0. The first kappa shape index (κ1) is 14.2. The smallest absolute Gasteiger partial charge is 0.251 e. The van der Waals surface area contributed by atoms with Crippen molar-refractivity contribution in [3.05, 3.63) is 34.3 Å². The highest BCUT2D eigenvalue weighted by molar-refractivity contribution is 9.10. The Morgan fingerprint density at radius 1 is 1.35 bits per heavy atom. The monoisotopic (exact) mass is 299 g/mol. The van der Waals surface area contributed by atoms with Crippen molar-refractivity contribution in [2.24, 2.45) is 0 Å². The minimum atomic E-state index is -0.334. The molecule has 0 fully saturated rings. The Morgan fingerprint density at radius 3 is 2.47 bits per heavy atom. The molecule has 1 rings (SSSR count). The highest BCUT2D eigenvalue weighted by Crippen LogP contribution is 2.11. The molecular formula is C13H18BrNO2. The van der Waals surface area contributed by atoms with E-state index in [1.165, 1.54) is 0 Å². The van der Waals surface area contributed by atoms with E-state index in [4.69, 9.17) is 4.74 Å². The standard InChI is InChI=1S/C13H18BrNO2/c1-4-17-13(2,3)9-15-12(16)10-5-7-11(14)8-6-10/h5-8H,4,9H2,1-3H3,(H,15,16). The number of carbonyl (C=O) groups excluding carboxylic acids is 1. The van der Waals surface area contributed by atoms with Crippen LogP contribution in [-0.4, -0.2) is 24.7 Å². The van der Waals surface area contributed by atoms with Gasteiger partial charge in [-0.2, -0.15) is 0 Å². The lowest BCUT2D eigenvalue weighted by molar-refractivity contribution is -0.00815. The summed E-state index contributed by atoms with van der Waals surface area (Å²) in [4.78, 5) is 11.8. The summed E-state index contributed by atoms with van der Waals surface area (Å²) in [5.41, 5.74) is 0.320. The van der Waals surface area contributed by atoms with E-state index in [2.05, 4.69) is 21.2 Å². The maximum absolute atomic E-state index is 11.8. The quantitative estimate of drug-likeness (QED) is 0.908. The molecule has 1 aromatic rings. The van der Waals surface area contributed by atoms with Gasteiger partial charge >= 0.3 is 0 Å². The Hall–Kier alpha value is -0.870. The Morgan fingerprint density at radius 2 is 1.94 bits per heavy atom. The van der Waals surface area contributed by atoms with E-state index in [0.717, 1.165) is 4.47 Å². The van der Waals surface area contributed by atoms with Gasteiger partial charge in [0.25, 0.3) is 5.91 Å². The molecule has 0 aromatic heterocycles. The van der Waals surface area contributed by atoms with Gasteiger partial charge < -0.3 is 10.1 Å². The van der Waals surface area contributed by atoms with Gasteiger partial charge in [0.1, 0.15) is 0 Å². The van der Waals surface area contributed by atoms with Crippen LogP contribution in [0, 0.1) is 0 Å². The lowest BCUT2D eigenvalue weighted by Gasteiger charge is -2.24. The molecule has 94 valence electrons. The molecule has 1 aromatic carbocycles. The summed E-state index contributed by atoms with van der Waals surface area (Å²) in [5, 5.41) is 2.86. The predicted molar refractivity (Wildman–Crippen MR) is 72.2 cm³/mol. The average molecular weight is 300 g/mol. The van der Waals surface area contributed by atoms with Crippen molar-refractivity contribution in [1.29, 1.82) is 0 Å². The SMILES string of the molecule is CCOC(C)(C)CNC(=O)c1ccc(Br)cc1. The Kier molecular flexibility index (Phi) is 5.15. The zero-order valence-electron chi connectivity index (χ0n) is 10.4. The molecular weight excluding hydrogens is 282 g/mol. The summed E-state index contributed by atoms with van der Waals surface area (Å²) < 4.78 is 6.47. The topological polar surface area (TPSA) is 38.3 Å². The van der Waals surface area contributed by atoms with Crippen LogP contribution in [0.5, 0.6) is 0 Å². The molecule has 4 heteroatoms. The fourth-order valence-electron chi connectivity index (χ4n) is 1.44. The molecule has 1 amide bonds. The molecule has 0 radical (unpaired) electrons. The lowest BCUT2D eigenvalue weighted by Crippen LogP contribution is -2.40.